The van der Waals surface area contributed by atoms with Crippen LogP contribution in [0.4, 0.5) is 5.69 Å². The molecule has 32 heavy (non-hydrogen) atoms. The molecular formula is C22H26N2O6S2. The number of sulfonamides is 1. The Balaban J connectivity index is 1.97. The fraction of sp³-hybridized carbons (Fsp3) is 0.318. The summed E-state index contributed by atoms with van der Waals surface area (Å²) in [4.78, 5) is 14.9. The predicted octanol–water partition coefficient (Wildman–Crippen LogP) is 2.68. The van der Waals surface area contributed by atoms with Gasteiger partial charge in [-0.05, 0) is 54.6 Å². The topological polar surface area (TPSA) is 101 Å². The van der Waals surface area contributed by atoms with E-state index in [4.69, 9.17) is 4.74 Å². The summed E-state index contributed by atoms with van der Waals surface area (Å²) >= 11 is 0. The molecule has 2 aromatic rings. The second-order valence-electron chi connectivity index (χ2n) is 7.21. The number of rotatable bonds is 8. The van der Waals surface area contributed by atoms with Crippen molar-refractivity contribution in [2.75, 3.05) is 30.9 Å². The van der Waals surface area contributed by atoms with E-state index in [-0.39, 0.29) is 16.2 Å². The first-order valence-corrected chi connectivity index (χ1v) is 13.3. The molecular weight excluding hydrogens is 452 g/mol. The second-order valence-corrected chi connectivity index (χ2v) is 11.1. The molecule has 1 aliphatic heterocycles. The van der Waals surface area contributed by atoms with Crippen LogP contribution in [0.3, 0.4) is 0 Å². The minimum absolute atomic E-state index is 0.0945. The molecule has 172 valence electrons. The van der Waals surface area contributed by atoms with Crippen molar-refractivity contribution >= 4 is 31.5 Å². The molecule has 0 saturated carbocycles. The molecule has 0 bridgehead atoms. The number of ether oxygens (including phenoxy) is 1. The molecule has 0 N–H and O–H groups in total. The summed E-state index contributed by atoms with van der Waals surface area (Å²) in [6.07, 6.45) is 1.48. The number of carbonyl (C=O) groups excluding carboxylic acids is 1. The van der Waals surface area contributed by atoms with Gasteiger partial charge in [-0.15, -0.1) is 0 Å². The first-order chi connectivity index (χ1) is 15.1. The van der Waals surface area contributed by atoms with Gasteiger partial charge in [0.15, 0.2) is 9.84 Å². The number of nitrogens with zero attached hydrogens (tertiary/aromatic N) is 2. The average molecular weight is 479 g/mol. The Labute approximate surface area is 189 Å². The van der Waals surface area contributed by atoms with Crippen LogP contribution in [-0.4, -0.2) is 59.0 Å². The molecule has 0 aromatic heterocycles. The third kappa shape index (κ3) is 4.87. The van der Waals surface area contributed by atoms with Crippen LogP contribution in [0.15, 0.2) is 64.9 Å². The number of amides is 1. The zero-order valence-corrected chi connectivity index (χ0v) is 19.8. The van der Waals surface area contributed by atoms with Crippen molar-refractivity contribution in [2.45, 2.75) is 24.8 Å². The maximum atomic E-state index is 13.4. The number of hydrogen-bond donors (Lipinski definition) is 0. The standard InChI is InChI=1S/C22H26N2O6S2/c1-4-23(5-2)32(28,29)21-12-6-17(7-13-21)22(25)24(19-14-15-31(26,27)16-19)18-8-10-20(30-3)11-9-18/h6-15,19H,4-5,16H2,1-3H3/t19-/m0/s1. The van der Waals surface area contributed by atoms with Crippen LogP contribution >= 0.6 is 0 Å². The number of hydrogen-bond acceptors (Lipinski definition) is 6. The first-order valence-electron chi connectivity index (χ1n) is 10.1. The highest BCUT2D eigenvalue weighted by atomic mass is 32.2. The highest BCUT2D eigenvalue weighted by Gasteiger charge is 2.32. The smallest absolute Gasteiger partial charge is 0.258 e. The Kier molecular flexibility index (Phi) is 7.06. The summed E-state index contributed by atoms with van der Waals surface area (Å²) in [5, 5.41) is 1.11. The van der Waals surface area contributed by atoms with E-state index in [2.05, 4.69) is 0 Å². The van der Waals surface area contributed by atoms with Crippen molar-refractivity contribution in [3.05, 3.63) is 65.6 Å². The Morgan fingerprint density at radius 3 is 2.09 bits per heavy atom. The molecule has 1 aliphatic rings. The summed E-state index contributed by atoms with van der Waals surface area (Å²) in [6, 6.07) is 11.7. The predicted molar refractivity (Wildman–Crippen MR) is 123 cm³/mol. The van der Waals surface area contributed by atoms with E-state index in [1.807, 2.05) is 0 Å². The molecule has 0 radical (unpaired) electrons. The lowest BCUT2D eigenvalue weighted by atomic mass is 10.1. The molecule has 2 aromatic carbocycles. The van der Waals surface area contributed by atoms with Gasteiger partial charge in [0, 0.05) is 29.7 Å². The number of benzene rings is 2. The Hall–Kier alpha value is -2.69. The lowest BCUT2D eigenvalue weighted by Gasteiger charge is -2.28. The molecule has 3 rings (SSSR count). The van der Waals surface area contributed by atoms with E-state index in [0.29, 0.717) is 24.5 Å². The van der Waals surface area contributed by atoms with E-state index in [1.54, 1.807) is 38.1 Å². The molecule has 0 fully saturated rings. The number of methoxy groups -OCH3 is 1. The fourth-order valence-electron chi connectivity index (χ4n) is 3.54. The summed E-state index contributed by atoms with van der Waals surface area (Å²) in [5.41, 5.74) is 0.749. The zero-order chi connectivity index (χ0) is 23.5. The fourth-order valence-corrected chi connectivity index (χ4v) is 6.27. The quantitative estimate of drug-likeness (QED) is 0.578. The Morgan fingerprint density at radius 2 is 1.62 bits per heavy atom. The van der Waals surface area contributed by atoms with Crippen LogP contribution in [-0.2, 0) is 19.9 Å². The van der Waals surface area contributed by atoms with Gasteiger partial charge in [0.25, 0.3) is 5.91 Å². The minimum atomic E-state index is -3.65. The maximum absolute atomic E-state index is 13.4. The van der Waals surface area contributed by atoms with E-state index >= 15 is 0 Å². The summed E-state index contributed by atoms with van der Waals surface area (Å²) < 4.78 is 55.9. The first kappa shape index (κ1) is 24.0. The lowest BCUT2D eigenvalue weighted by Crippen LogP contribution is -2.41. The summed E-state index contributed by atoms with van der Waals surface area (Å²) in [6.45, 7) is 4.20. The van der Waals surface area contributed by atoms with Crippen LogP contribution in [0.1, 0.15) is 24.2 Å². The van der Waals surface area contributed by atoms with E-state index in [9.17, 15) is 21.6 Å². The Morgan fingerprint density at radius 1 is 1.03 bits per heavy atom. The molecule has 0 saturated heterocycles. The van der Waals surface area contributed by atoms with Crippen LogP contribution in [0.2, 0.25) is 0 Å². The van der Waals surface area contributed by atoms with Crippen molar-refractivity contribution in [1.82, 2.24) is 4.31 Å². The van der Waals surface area contributed by atoms with Gasteiger partial charge in [0.1, 0.15) is 5.75 Å². The number of anilines is 1. The van der Waals surface area contributed by atoms with Crippen molar-refractivity contribution in [3.8, 4) is 5.75 Å². The minimum Gasteiger partial charge on any atom is -0.497 e. The SMILES string of the molecule is CCN(CC)S(=O)(=O)c1ccc(C(=O)N(c2ccc(OC)cc2)[C@H]2C=CS(=O)(=O)C2)cc1. The largest absolute Gasteiger partial charge is 0.497 e. The second kappa shape index (κ2) is 9.43. The Bertz CT molecular complexity index is 1200. The third-order valence-electron chi connectivity index (χ3n) is 5.26. The van der Waals surface area contributed by atoms with Crippen LogP contribution in [0.25, 0.3) is 0 Å². The average Bonchev–Trinajstić information content (AvgIpc) is 3.14. The number of carbonyl (C=O) groups is 1. The van der Waals surface area contributed by atoms with Gasteiger partial charge in [0.05, 0.1) is 23.8 Å². The highest BCUT2D eigenvalue weighted by molar-refractivity contribution is 7.94. The zero-order valence-electron chi connectivity index (χ0n) is 18.1. The molecule has 8 nitrogen and oxygen atoms in total. The van der Waals surface area contributed by atoms with Gasteiger partial charge in [-0.25, -0.2) is 16.8 Å². The molecule has 0 aliphatic carbocycles. The summed E-state index contributed by atoms with van der Waals surface area (Å²) in [7, 11) is -5.53. The van der Waals surface area contributed by atoms with Crippen molar-refractivity contribution < 1.29 is 26.4 Å². The highest BCUT2D eigenvalue weighted by Crippen LogP contribution is 2.27. The van der Waals surface area contributed by atoms with Gasteiger partial charge in [-0.3, -0.25) is 4.79 Å². The molecule has 1 amide bonds. The van der Waals surface area contributed by atoms with Crippen molar-refractivity contribution in [3.63, 3.8) is 0 Å². The van der Waals surface area contributed by atoms with Gasteiger partial charge < -0.3 is 9.64 Å². The monoisotopic (exact) mass is 478 g/mol. The maximum Gasteiger partial charge on any atom is 0.258 e. The van der Waals surface area contributed by atoms with Crippen LogP contribution in [0, 0.1) is 0 Å². The molecule has 1 heterocycles. The van der Waals surface area contributed by atoms with Gasteiger partial charge in [-0.1, -0.05) is 13.8 Å². The number of sulfone groups is 1. The molecule has 1 atom stereocenters. The van der Waals surface area contributed by atoms with Crippen LogP contribution < -0.4 is 9.64 Å². The van der Waals surface area contributed by atoms with E-state index in [0.717, 1.165) is 5.41 Å². The van der Waals surface area contributed by atoms with E-state index in [1.165, 1.54) is 46.7 Å². The van der Waals surface area contributed by atoms with Crippen molar-refractivity contribution in [2.24, 2.45) is 0 Å². The third-order valence-corrected chi connectivity index (χ3v) is 8.70. The van der Waals surface area contributed by atoms with E-state index < -0.39 is 31.8 Å². The normalized spacial score (nSPS) is 17.4. The summed E-state index contributed by atoms with van der Waals surface area (Å²) in [5.74, 6) is -0.0606. The van der Waals surface area contributed by atoms with Gasteiger partial charge in [0.2, 0.25) is 10.0 Å². The molecule has 10 heteroatoms. The van der Waals surface area contributed by atoms with Crippen molar-refractivity contribution in [1.29, 1.82) is 0 Å². The van der Waals surface area contributed by atoms with Gasteiger partial charge in [-0.2, -0.15) is 4.31 Å². The lowest BCUT2D eigenvalue weighted by molar-refractivity contribution is 0.0983. The van der Waals surface area contributed by atoms with Gasteiger partial charge >= 0.3 is 0 Å². The molecule has 0 spiro atoms. The van der Waals surface area contributed by atoms with Crippen LogP contribution in [0.5, 0.6) is 5.75 Å². The molecule has 0 unspecified atom stereocenters.